The van der Waals surface area contributed by atoms with Gasteiger partial charge in [0.2, 0.25) is 11.8 Å². The highest BCUT2D eigenvalue weighted by molar-refractivity contribution is 6.74. The molecule has 0 aromatic heterocycles. The van der Waals surface area contributed by atoms with Crippen molar-refractivity contribution in [1.29, 1.82) is 10.5 Å². The number of Topliss-reactive ketones (excluding diaryl/α,β-unsaturated/α-hetero) is 2. The summed E-state index contributed by atoms with van der Waals surface area (Å²) in [7, 11) is -3.14. The molecule has 4 aromatic rings. The summed E-state index contributed by atoms with van der Waals surface area (Å²) >= 11 is 0. The van der Waals surface area contributed by atoms with Gasteiger partial charge in [0.05, 0.1) is 82.1 Å². The minimum Gasteiger partial charge on any atom is -0.413 e. The van der Waals surface area contributed by atoms with E-state index in [1.54, 1.807) is 66.7 Å². The number of hydrogen-bond donors (Lipinski definition) is 3. The first kappa shape index (κ1) is 52.5. The molecule has 4 aromatic carbocycles. The maximum absolute atomic E-state index is 13.3. The lowest BCUT2D eigenvalue weighted by atomic mass is 9.92. The topological polar surface area (TPSA) is 178 Å². The van der Waals surface area contributed by atoms with Gasteiger partial charge in [0.25, 0.3) is 0 Å². The van der Waals surface area contributed by atoms with Crippen LogP contribution in [0, 0.1) is 61.5 Å². The fourth-order valence-corrected chi connectivity index (χ4v) is 7.84. The van der Waals surface area contributed by atoms with E-state index in [0.717, 1.165) is 22.3 Å². The third-order valence-electron chi connectivity index (χ3n) is 11.3. The fraction of sp³-hybridized carbons (Fsp3) is 0.373. The quantitative estimate of drug-likeness (QED) is 0.0566. The minimum absolute atomic E-state index is 0.0122. The Morgan fingerprint density at radius 1 is 0.754 bits per heavy atom. The Labute approximate surface area is 385 Å². The molecule has 3 N–H and O–H groups in total. The van der Waals surface area contributed by atoms with Crippen LogP contribution in [0.3, 0.4) is 0 Å². The third-order valence-corrected chi connectivity index (χ3v) is 15.9. The number of alkyl halides is 1. The summed E-state index contributed by atoms with van der Waals surface area (Å²) in [5.41, 5.74) is 6.37. The van der Waals surface area contributed by atoms with Crippen LogP contribution in [0.1, 0.15) is 90.1 Å². The van der Waals surface area contributed by atoms with Gasteiger partial charge in [0.15, 0.2) is 31.3 Å². The summed E-state index contributed by atoms with van der Waals surface area (Å²) in [5, 5.41) is 33.1. The maximum atomic E-state index is 13.3. The second-order valence-corrected chi connectivity index (χ2v) is 21.8. The molecule has 0 aliphatic heterocycles. The average Bonchev–Trinajstić information content (AvgIpc) is 3.28. The van der Waals surface area contributed by atoms with E-state index < -0.39 is 39.3 Å². The Morgan fingerprint density at radius 3 is 1.45 bits per heavy atom. The third kappa shape index (κ3) is 16.4. The first-order chi connectivity index (χ1) is 31.0. The predicted octanol–water partition coefficient (Wildman–Crippen LogP) is 9.53. The van der Waals surface area contributed by atoms with Gasteiger partial charge in [0.1, 0.15) is 0 Å². The van der Waals surface area contributed by atoms with Gasteiger partial charge in [-0.2, -0.15) is 10.5 Å². The number of aryl methyl sites for hydroxylation is 2. The monoisotopic (exact) mass is 899 g/mol. The Balaban J connectivity index is 0.000000437. The zero-order valence-electron chi connectivity index (χ0n) is 39.6. The van der Waals surface area contributed by atoms with E-state index in [2.05, 4.69) is 54.2 Å². The van der Waals surface area contributed by atoms with Crippen LogP contribution in [0.25, 0.3) is 9.69 Å². The second kappa shape index (κ2) is 25.5. The van der Waals surface area contributed by atoms with E-state index in [1.165, 1.54) is 6.92 Å². The molecule has 0 spiro atoms. The van der Waals surface area contributed by atoms with Crippen molar-refractivity contribution in [2.75, 3.05) is 20.2 Å². The van der Waals surface area contributed by atoms with Crippen molar-refractivity contribution in [3.63, 3.8) is 0 Å². The fourth-order valence-electron chi connectivity index (χ4n) is 6.39. The highest BCUT2D eigenvalue weighted by atomic mass is 28.4. The standard InChI is InChI=1S/C28H35N3O3Si.C22H21N3O3.CH3F/c1-19-15-22(11-14-25(19)30-6)16-24(20(2)34-35(7,8)28(3,4)5)27(33)31-18-26(32)23-12-9-21(17-29)10-13-23;1-14-10-17(6-9-20(14)24-3)11-19(15(2)26)22(28)25-13-21(27)18-7-4-16(12-23)5-8-18;1-2/h9-15,20,24H,16,18H2,1-5,7-8H3,(H,31,33);4-10,15,19,26H,11,13H2,1-2H3,(H,25,28);1H3/t20-,24+;15-,19+;/m00./s1/i;;1D. The van der Waals surface area contributed by atoms with Crippen LogP contribution < -0.4 is 10.6 Å². The SMILES string of the molecule is [2H]CF.[C-]#[N+]c1ccc(C[C@@H](C(=O)NCC(=O)c2ccc(C#N)cc2)[C@H](C)O)cc1C.[C-]#[N+]c1ccc(C[C@@H](C(=O)NCC(=O)c2ccc(C#N)cc2)[C@H](C)O[Si](C)(C)C(C)(C)C)cc1C. The van der Waals surface area contributed by atoms with Gasteiger partial charge in [-0.1, -0.05) is 81.4 Å². The molecule has 2 amide bonds. The van der Waals surface area contributed by atoms with Crippen molar-refractivity contribution < 1.29 is 34.5 Å². The average molecular weight is 900 g/mol. The number of aliphatic hydroxyl groups excluding tert-OH is 1. The Kier molecular flexibility index (Phi) is 20.6. The van der Waals surface area contributed by atoms with Gasteiger partial charge >= 0.3 is 0 Å². The summed E-state index contributed by atoms with van der Waals surface area (Å²) in [4.78, 5) is 57.7. The molecule has 0 radical (unpaired) electrons. The van der Waals surface area contributed by atoms with E-state index in [9.17, 15) is 28.7 Å². The number of rotatable bonds is 16. The molecule has 65 heavy (non-hydrogen) atoms. The van der Waals surface area contributed by atoms with Gasteiger partial charge in [-0.05, 0) is 105 Å². The summed E-state index contributed by atoms with van der Waals surface area (Å²) < 4.78 is 22.1. The van der Waals surface area contributed by atoms with Crippen LogP contribution in [0.15, 0.2) is 84.9 Å². The lowest BCUT2D eigenvalue weighted by Crippen LogP contribution is -2.48. The number of nitriles is 2. The minimum atomic E-state index is -2.14. The molecule has 0 fully saturated rings. The van der Waals surface area contributed by atoms with Crippen LogP contribution >= 0.6 is 0 Å². The van der Waals surface area contributed by atoms with E-state index >= 15 is 0 Å². The summed E-state index contributed by atoms with van der Waals surface area (Å²) in [6.07, 6.45) is -0.521. The van der Waals surface area contributed by atoms with Crippen LogP contribution in [-0.2, 0) is 26.9 Å². The highest BCUT2D eigenvalue weighted by Gasteiger charge is 2.41. The first-order valence-corrected chi connectivity index (χ1v) is 23.7. The molecule has 14 heteroatoms. The van der Waals surface area contributed by atoms with Crippen LogP contribution in [0.2, 0.25) is 18.1 Å². The van der Waals surface area contributed by atoms with Crippen LogP contribution in [0.5, 0.6) is 0 Å². The largest absolute Gasteiger partial charge is 0.413 e. The molecule has 0 saturated heterocycles. The lowest BCUT2D eigenvalue weighted by molar-refractivity contribution is -0.128. The van der Waals surface area contributed by atoms with E-state index in [1.807, 2.05) is 51.1 Å². The Bertz CT molecular complexity index is 2480. The number of benzene rings is 4. The summed E-state index contributed by atoms with van der Waals surface area (Å²) in [6.45, 7) is 32.0. The van der Waals surface area contributed by atoms with E-state index in [0.29, 0.717) is 46.5 Å². The van der Waals surface area contributed by atoms with Crippen molar-refractivity contribution >= 4 is 43.1 Å². The zero-order chi connectivity index (χ0) is 49.8. The molecular formula is C51H59FN6O6Si. The maximum Gasteiger partial charge on any atom is 0.226 e. The zero-order valence-corrected chi connectivity index (χ0v) is 39.6. The summed E-state index contributed by atoms with van der Waals surface area (Å²) in [6, 6.07) is 27.4. The Hall–Kier alpha value is -6.81. The number of hydrogen-bond acceptors (Lipinski definition) is 8. The smallest absolute Gasteiger partial charge is 0.226 e. The van der Waals surface area contributed by atoms with Gasteiger partial charge in [0, 0.05) is 11.1 Å². The molecule has 4 atom stereocenters. The molecule has 0 aliphatic carbocycles. The molecule has 4 rings (SSSR count). The number of ketones is 2. The highest BCUT2D eigenvalue weighted by Crippen LogP contribution is 2.38. The van der Waals surface area contributed by atoms with E-state index in [4.69, 9.17) is 29.5 Å². The van der Waals surface area contributed by atoms with Gasteiger partial charge in [-0.15, -0.1) is 0 Å². The molecule has 0 heterocycles. The Morgan fingerprint density at radius 2 is 1.12 bits per heavy atom. The normalized spacial score (nSPS) is 12.8. The molecule has 0 aliphatic rings. The predicted molar refractivity (Wildman–Crippen MR) is 253 cm³/mol. The number of carbonyl (C=O) groups excluding carboxylic acids is 4. The van der Waals surface area contributed by atoms with Crippen LogP contribution in [-0.4, -0.2) is 69.3 Å². The molecule has 0 bridgehead atoms. The van der Waals surface area contributed by atoms with Crippen molar-refractivity contribution in [1.82, 2.24) is 10.6 Å². The number of nitrogens with zero attached hydrogens (tertiary/aromatic N) is 4. The molecule has 0 unspecified atom stereocenters. The van der Waals surface area contributed by atoms with Crippen molar-refractivity contribution in [3.8, 4) is 12.1 Å². The van der Waals surface area contributed by atoms with Crippen LogP contribution in [0.4, 0.5) is 15.8 Å². The second-order valence-electron chi connectivity index (χ2n) is 17.1. The van der Waals surface area contributed by atoms with E-state index in [-0.39, 0.29) is 41.7 Å². The number of nitrogens with one attached hydrogen (secondary N) is 2. The van der Waals surface area contributed by atoms with Gasteiger partial charge in [-0.3, -0.25) is 23.6 Å². The lowest BCUT2D eigenvalue weighted by Gasteiger charge is -2.40. The molecular weight excluding hydrogens is 840 g/mol. The van der Waals surface area contributed by atoms with Crippen molar-refractivity contribution in [2.24, 2.45) is 11.8 Å². The molecule has 340 valence electrons. The summed E-state index contributed by atoms with van der Waals surface area (Å²) in [5.74, 6) is -2.38. The number of carbonyl (C=O) groups is 4. The van der Waals surface area contributed by atoms with Gasteiger partial charge < -0.3 is 20.2 Å². The molecule has 12 nitrogen and oxygen atoms in total. The number of amides is 2. The molecule has 0 saturated carbocycles. The number of halogens is 1. The van der Waals surface area contributed by atoms with Gasteiger partial charge in [-0.25, -0.2) is 9.69 Å². The van der Waals surface area contributed by atoms with Crippen molar-refractivity contribution in [2.45, 2.75) is 91.6 Å². The first-order valence-electron chi connectivity index (χ1n) is 21.5. The van der Waals surface area contributed by atoms with Crippen molar-refractivity contribution in [3.05, 3.63) is 152 Å². The number of aliphatic hydroxyl groups is 1.